The van der Waals surface area contributed by atoms with Crippen molar-refractivity contribution in [2.24, 2.45) is 0 Å². The van der Waals surface area contributed by atoms with Gasteiger partial charge in [0.2, 0.25) is 5.91 Å². The number of carbonyl (C=O) groups is 2. The first-order valence-corrected chi connectivity index (χ1v) is 6.84. The second-order valence-corrected chi connectivity index (χ2v) is 4.73. The molecule has 0 aliphatic rings. The van der Waals surface area contributed by atoms with Crippen LogP contribution in [-0.4, -0.2) is 29.0 Å². The fourth-order valence-electron chi connectivity index (χ4n) is 1.99. The molecule has 2 aromatic rings. The second-order valence-electron chi connectivity index (χ2n) is 4.73. The summed E-state index contributed by atoms with van der Waals surface area (Å²) in [7, 11) is 1.31. The molecule has 0 unspecified atom stereocenters. The Labute approximate surface area is 128 Å². The maximum absolute atomic E-state index is 12.0. The molecule has 2 aromatic heterocycles. The van der Waals surface area contributed by atoms with Crippen LogP contribution in [0.5, 0.6) is 0 Å². The number of hydrogen-bond acceptors (Lipinski definition) is 5. The summed E-state index contributed by atoms with van der Waals surface area (Å²) >= 11 is 0. The van der Waals surface area contributed by atoms with Crippen molar-refractivity contribution in [3.05, 3.63) is 53.5 Å². The Balaban J connectivity index is 2.01. The minimum absolute atomic E-state index is 0.158. The molecule has 0 aliphatic heterocycles. The number of ether oxygens (including phenoxy) is 1. The van der Waals surface area contributed by atoms with Crippen LogP contribution in [0.15, 0.2) is 36.8 Å². The van der Waals surface area contributed by atoms with Crippen LogP contribution in [0.4, 0.5) is 5.82 Å². The Kier molecular flexibility index (Phi) is 5.19. The summed E-state index contributed by atoms with van der Waals surface area (Å²) in [5.41, 5.74) is 2.02. The number of aromatic nitrogens is 2. The Morgan fingerprint density at radius 3 is 2.59 bits per heavy atom. The number of anilines is 1. The van der Waals surface area contributed by atoms with E-state index in [4.69, 9.17) is 4.74 Å². The number of methoxy groups -OCH3 is 1. The Hall–Kier alpha value is -2.76. The van der Waals surface area contributed by atoms with Gasteiger partial charge >= 0.3 is 5.97 Å². The van der Waals surface area contributed by atoms with Gasteiger partial charge in [-0.3, -0.25) is 9.78 Å². The fraction of sp³-hybridized carbons (Fsp3) is 0.250. The van der Waals surface area contributed by atoms with Gasteiger partial charge in [0.1, 0.15) is 5.82 Å². The van der Waals surface area contributed by atoms with Crippen LogP contribution in [0.3, 0.4) is 0 Å². The third kappa shape index (κ3) is 3.88. The molecule has 6 nitrogen and oxygen atoms in total. The predicted octanol–water partition coefficient (Wildman–Crippen LogP) is 2.14. The average molecular weight is 299 g/mol. The molecule has 6 heteroatoms. The molecule has 0 spiro atoms. The lowest BCUT2D eigenvalue weighted by atomic mass is 10.1. The summed E-state index contributed by atoms with van der Waals surface area (Å²) in [6, 6.07) is 5.30. The molecule has 114 valence electrons. The van der Waals surface area contributed by atoms with Crippen LogP contribution >= 0.6 is 0 Å². The topological polar surface area (TPSA) is 81.2 Å². The fourth-order valence-corrected chi connectivity index (χ4v) is 1.99. The summed E-state index contributed by atoms with van der Waals surface area (Å²) in [6.07, 6.45) is 5.80. The van der Waals surface area contributed by atoms with Crippen molar-refractivity contribution in [3.63, 3.8) is 0 Å². The van der Waals surface area contributed by atoms with Crippen molar-refractivity contribution in [1.82, 2.24) is 9.97 Å². The molecule has 1 amide bonds. The second kappa shape index (κ2) is 7.31. The van der Waals surface area contributed by atoms with Gasteiger partial charge in [0, 0.05) is 30.6 Å². The lowest BCUT2D eigenvalue weighted by Crippen LogP contribution is -2.16. The molecule has 2 rings (SSSR count). The van der Waals surface area contributed by atoms with Gasteiger partial charge in [0.15, 0.2) is 0 Å². The lowest BCUT2D eigenvalue weighted by molar-refractivity contribution is -0.116. The van der Waals surface area contributed by atoms with E-state index in [1.165, 1.54) is 13.3 Å². The molecule has 0 radical (unpaired) electrons. The zero-order chi connectivity index (χ0) is 15.9. The molecule has 0 aliphatic carbocycles. The van der Waals surface area contributed by atoms with Crippen LogP contribution < -0.4 is 5.32 Å². The van der Waals surface area contributed by atoms with Crippen LogP contribution in [0, 0.1) is 6.92 Å². The monoisotopic (exact) mass is 299 g/mol. The smallest absolute Gasteiger partial charge is 0.338 e. The van der Waals surface area contributed by atoms with E-state index in [-0.39, 0.29) is 5.91 Å². The van der Waals surface area contributed by atoms with Crippen molar-refractivity contribution in [2.75, 3.05) is 12.4 Å². The van der Waals surface area contributed by atoms with E-state index in [9.17, 15) is 9.59 Å². The van der Waals surface area contributed by atoms with Crippen molar-refractivity contribution in [1.29, 1.82) is 0 Å². The van der Waals surface area contributed by atoms with Crippen LogP contribution in [0.25, 0.3) is 0 Å². The van der Waals surface area contributed by atoms with Gasteiger partial charge in [-0.25, -0.2) is 9.78 Å². The summed E-state index contributed by atoms with van der Waals surface area (Å²) in [4.78, 5) is 31.7. The molecule has 22 heavy (non-hydrogen) atoms. The van der Waals surface area contributed by atoms with Gasteiger partial charge in [-0.1, -0.05) is 0 Å². The van der Waals surface area contributed by atoms with E-state index in [0.717, 1.165) is 5.56 Å². The maximum atomic E-state index is 12.0. The van der Waals surface area contributed by atoms with Gasteiger partial charge in [0.05, 0.1) is 12.7 Å². The van der Waals surface area contributed by atoms with Crippen molar-refractivity contribution in [3.8, 4) is 0 Å². The van der Waals surface area contributed by atoms with Crippen LogP contribution in [0.2, 0.25) is 0 Å². The standard InChI is InChI=1S/C16H17N3O3/c1-11-13(16(21)22-2)7-10-18-15(11)19-14(20)4-3-12-5-8-17-9-6-12/h5-10H,3-4H2,1-2H3,(H,18,19,20). The molecule has 0 saturated heterocycles. The molecule has 2 heterocycles. The first-order chi connectivity index (χ1) is 10.6. The van der Waals surface area contributed by atoms with Crippen molar-refractivity contribution < 1.29 is 14.3 Å². The van der Waals surface area contributed by atoms with Crippen LogP contribution in [0.1, 0.15) is 27.9 Å². The SMILES string of the molecule is COC(=O)c1ccnc(NC(=O)CCc2ccncc2)c1C. The number of nitrogens with one attached hydrogen (secondary N) is 1. The predicted molar refractivity (Wildman–Crippen MR) is 81.5 cm³/mol. The molecule has 0 saturated carbocycles. The molecule has 0 aromatic carbocycles. The third-order valence-electron chi connectivity index (χ3n) is 3.26. The third-order valence-corrected chi connectivity index (χ3v) is 3.26. The molecule has 1 N–H and O–H groups in total. The first kappa shape index (κ1) is 15.6. The van der Waals surface area contributed by atoms with Crippen molar-refractivity contribution in [2.45, 2.75) is 19.8 Å². The van der Waals surface area contributed by atoms with E-state index < -0.39 is 5.97 Å². The average Bonchev–Trinajstić information content (AvgIpc) is 2.55. The van der Waals surface area contributed by atoms with Crippen molar-refractivity contribution >= 4 is 17.7 Å². The largest absolute Gasteiger partial charge is 0.465 e. The number of aryl methyl sites for hydroxylation is 1. The van der Waals surface area contributed by atoms with E-state index >= 15 is 0 Å². The van der Waals surface area contributed by atoms with Gasteiger partial charge in [-0.2, -0.15) is 0 Å². The zero-order valence-electron chi connectivity index (χ0n) is 12.5. The number of amides is 1. The van der Waals surface area contributed by atoms with E-state index in [1.54, 1.807) is 25.4 Å². The number of hydrogen-bond donors (Lipinski definition) is 1. The Morgan fingerprint density at radius 1 is 1.18 bits per heavy atom. The zero-order valence-corrected chi connectivity index (χ0v) is 12.5. The number of rotatable bonds is 5. The summed E-state index contributed by atoms with van der Waals surface area (Å²) in [5.74, 6) is -0.232. The summed E-state index contributed by atoms with van der Waals surface area (Å²) < 4.78 is 4.70. The Bertz CT molecular complexity index is 672. The summed E-state index contributed by atoms with van der Waals surface area (Å²) in [5, 5.41) is 2.73. The number of carbonyl (C=O) groups excluding carboxylic acids is 2. The molecular formula is C16H17N3O3. The van der Waals surface area contributed by atoms with E-state index in [1.807, 2.05) is 12.1 Å². The molecule has 0 bridgehead atoms. The maximum Gasteiger partial charge on any atom is 0.338 e. The molecule has 0 fully saturated rings. The highest BCUT2D eigenvalue weighted by atomic mass is 16.5. The van der Waals surface area contributed by atoms with Gasteiger partial charge in [0.25, 0.3) is 0 Å². The minimum atomic E-state index is -0.452. The van der Waals surface area contributed by atoms with E-state index in [0.29, 0.717) is 29.8 Å². The highest BCUT2D eigenvalue weighted by Crippen LogP contribution is 2.17. The van der Waals surface area contributed by atoms with Gasteiger partial charge in [-0.05, 0) is 37.1 Å². The highest BCUT2D eigenvalue weighted by Gasteiger charge is 2.14. The number of pyridine rings is 2. The lowest BCUT2D eigenvalue weighted by Gasteiger charge is -2.10. The molecule has 0 atom stereocenters. The van der Waals surface area contributed by atoms with Gasteiger partial charge < -0.3 is 10.1 Å². The normalized spacial score (nSPS) is 10.1. The first-order valence-electron chi connectivity index (χ1n) is 6.84. The minimum Gasteiger partial charge on any atom is -0.465 e. The number of esters is 1. The highest BCUT2D eigenvalue weighted by molar-refractivity contribution is 5.95. The summed E-state index contributed by atoms with van der Waals surface area (Å²) in [6.45, 7) is 1.72. The van der Waals surface area contributed by atoms with Crippen LogP contribution in [-0.2, 0) is 16.0 Å². The Morgan fingerprint density at radius 2 is 1.91 bits per heavy atom. The number of nitrogens with zero attached hydrogens (tertiary/aromatic N) is 2. The quantitative estimate of drug-likeness (QED) is 0.855. The van der Waals surface area contributed by atoms with E-state index in [2.05, 4.69) is 15.3 Å². The molecular weight excluding hydrogens is 282 g/mol. The van der Waals surface area contributed by atoms with Gasteiger partial charge in [-0.15, -0.1) is 0 Å².